The van der Waals surface area contributed by atoms with E-state index >= 15 is 0 Å². The van der Waals surface area contributed by atoms with E-state index in [2.05, 4.69) is 10.0 Å². The zero-order chi connectivity index (χ0) is 28.4. The lowest BCUT2D eigenvalue weighted by Gasteiger charge is -2.20. The monoisotopic (exact) mass is 554 g/mol. The molecule has 8 heteroatoms. The van der Waals surface area contributed by atoms with Crippen molar-refractivity contribution in [1.29, 1.82) is 0 Å². The maximum Gasteiger partial charge on any atom is 0.339 e. The van der Waals surface area contributed by atoms with E-state index in [0.717, 1.165) is 22.3 Å². The topological polar surface area (TPSA) is 97.6 Å². The van der Waals surface area contributed by atoms with Crippen LogP contribution in [0.5, 0.6) is 0 Å². The summed E-state index contributed by atoms with van der Waals surface area (Å²) in [5.41, 5.74) is 5.50. The van der Waals surface area contributed by atoms with Crippen molar-refractivity contribution in [2.75, 3.05) is 24.2 Å². The summed E-state index contributed by atoms with van der Waals surface area (Å²) in [5.74, 6) is -0.620. The Labute approximate surface area is 233 Å². The van der Waals surface area contributed by atoms with Crippen LogP contribution in [0.1, 0.15) is 44.3 Å². The number of furan rings is 1. The summed E-state index contributed by atoms with van der Waals surface area (Å²) in [4.78, 5) is 12.8. The third kappa shape index (κ3) is 5.18. The number of fused-ring (bicyclic) bond motifs is 1. The van der Waals surface area contributed by atoms with Crippen LogP contribution in [0, 0.1) is 13.8 Å². The van der Waals surface area contributed by atoms with Gasteiger partial charge in [-0.1, -0.05) is 65.7 Å². The number of hydrogen-bond acceptors (Lipinski definition) is 6. The number of para-hydroxylation sites is 1. The molecule has 5 aromatic rings. The van der Waals surface area contributed by atoms with Crippen LogP contribution in [0.3, 0.4) is 0 Å². The minimum absolute atomic E-state index is 0.146. The number of rotatable bonds is 8. The van der Waals surface area contributed by atoms with Crippen LogP contribution < -0.4 is 10.0 Å². The van der Waals surface area contributed by atoms with E-state index in [-0.39, 0.29) is 4.90 Å². The van der Waals surface area contributed by atoms with Crippen molar-refractivity contribution in [3.63, 3.8) is 0 Å². The van der Waals surface area contributed by atoms with Gasteiger partial charge in [-0.15, -0.1) is 0 Å². The first-order valence-corrected chi connectivity index (χ1v) is 14.3. The van der Waals surface area contributed by atoms with Crippen molar-refractivity contribution in [3.05, 3.63) is 125 Å². The molecule has 7 nitrogen and oxygen atoms in total. The highest BCUT2D eigenvalue weighted by molar-refractivity contribution is 7.92. The second-order valence-corrected chi connectivity index (χ2v) is 11.3. The van der Waals surface area contributed by atoms with E-state index in [1.165, 1.54) is 7.11 Å². The minimum atomic E-state index is -3.95. The Bertz CT molecular complexity index is 1790. The molecule has 0 aliphatic rings. The first kappa shape index (κ1) is 27.0. The van der Waals surface area contributed by atoms with E-state index in [4.69, 9.17) is 9.15 Å². The zero-order valence-corrected chi connectivity index (χ0v) is 23.5. The first-order valence-electron chi connectivity index (χ1n) is 12.8. The standard InChI is InChI=1S/C32H30N2O5S/c1-20-9-13-22(14-10-20)29(23-15-18-27(33-3)26(19-23)32(35)38-4)31-30(25-7-5-6-8-28(25)39-31)34-40(36,37)24-16-11-21(2)12-17-24/h5-19,29,33-34H,1-4H3/t29-/m1/s1. The SMILES string of the molecule is CNc1ccc([C@@H](c2ccc(C)cc2)c2oc3ccccc3c2NS(=O)(=O)c2ccc(C)cc2)cc1C(=O)OC. The number of esters is 1. The second-order valence-electron chi connectivity index (χ2n) is 9.65. The molecule has 0 aliphatic heterocycles. The van der Waals surface area contributed by atoms with Crippen molar-refractivity contribution >= 4 is 38.3 Å². The highest BCUT2D eigenvalue weighted by atomic mass is 32.2. The van der Waals surface area contributed by atoms with Gasteiger partial charge in [0.05, 0.1) is 29.2 Å². The highest BCUT2D eigenvalue weighted by Gasteiger charge is 2.30. The Morgan fingerprint density at radius 3 is 2.12 bits per heavy atom. The number of hydrogen-bond donors (Lipinski definition) is 2. The number of ether oxygens (including phenoxy) is 1. The molecule has 5 rings (SSSR count). The van der Waals surface area contributed by atoms with E-state index in [9.17, 15) is 13.2 Å². The van der Waals surface area contributed by atoms with Gasteiger partial charge in [-0.25, -0.2) is 13.2 Å². The molecule has 0 saturated carbocycles. The van der Waals surface area contributed by atoms with Gasteiger partial charge in [-0.2, -0.15) is 0 Å². The number of benzene rings is 4. The molecule has 2 N–H and O–H groups in total. The third-order valence-electron chi connectivity index (χ3n) is 6.91. The van der Waals surface area contributed by atoms with Crippen LogP contribution in [0.15, 0.2) is 100 Å². The van der Waals surface area contributed by atoms with Gasteiger partial charge < -0.3 is 14.5 Å². The van der Waals surface area contributed by atoms with Gasteiger partial charge in [-0.05, 0) is 61.4 Å². The van der Waals surface area contributed by atoms with Crippen molar-refractivity contribution in [2.45, 2.75) is 24.7 Å². The molecule has 0 spiro atoms. The Balaban J connectivity index is 1.75. The molecular weight excluding hydrogens is 524 g/mol. The summed E-state index contributed by atoms with van der Waals surface area (Å²) in [6, 6.07) is 27.4. The van der Waals surface area contributed by atoms with Crippen LogP contribution in [-0.4, -0.2) is 28.5 Å². The fourth-order valence-electron chi connectivity index (χ4n) is 4.78. The molecule has 40 heavy (non-hydrogen) atoms. The lowest BCUT2D eigenvalue weighted by Crippen LogP contribution is -2.15. The largest absolute Gasteiger partial charge is 0.465 e. The summed E-state index contributed by atoms with van der Waals surface area (Å²) in [5, 5.41) is 3.66. The first-order chi connectivity index (χ1) is 19.2. The van der Waals surface area contributed by atoms with Crippen LogP contribution in [0.25, 0.3) is 11.0 Å². The molecule has 0 aliphatic carbocycles. The Morgan fingerprint density at radius 1 is 0.850 bits per heavy atom. The minimum Gasteiger partial charge on any atom is -0.465 e. The van der Waals surface area contributed by atoms with Crippen LogP contribution >= 0.6 is 0 Å². The quantitative estimate of drug-likeness (QED) is 0.203. The number of sulfonamides is 1. The number of aryl methyl sites for hydroxylation is 2. The second kappa shape index (κ2) is 10.9. The van der Waals surface area contributed by atoms with E-state index in [1.807, 2.05) is 68.4 Å². The molecule has 0 unspecified atom stereocenters. The van der Waals surface area contributed by atoms with E-state index < -0.39 is 21.9 Å². The van der Waals surface area contributed by atoms with E-state index in [1.54, 1.807) is 43.4 Å². The predicted molar refractivity (Wildman–Crippen MR) is 158 cm³/mol. The van der Waals surface area contributed by atoms with Crippen LogP contribution in [-0.2, 0) is 14.8 Å². The number of nitrogens with one attached hydrogen (secondary N) is 2. The van der Waals surface area contributed by atoms with Crippen LogP contribution in [0.2, 0.25) is 0 Å². The summed E-state index contributed by atoms with van der Waals surface area (Å²) in [7, 11) is -0.880. The Morgan fingerprint density at radius 2 is 1.48 bits per heavy atom. The zero-order valence-electron chi connectivity index (χ0n) is 22.7. The molecule has 1 aromatic heterocycles. The lowest BCUT2D eigenvalue weighted by atomic mass is 9.86. The summed E-state index contributed by atoms with van der Waals surface area (Å²) in [6.07, 6.45) is 0. The fourth-order valence-corrected chi connectivity index (χ4v) is 5.87. The van der Waals surface area contributed by atoms with Gasteiger partial charge in [0.1, 0.15) is 11.3 Å². The average molecular weight is 555 g/mol. The summed E-state index contributed by atoms with van der Waals surface area (Å²) < 4.78 is 41.5. The normalized spacial score (nSPS) is 12.2. The molecule has 204 valence electrons. The summed E-state index contributed by atoms with van der Waals surface area (Å²) in [6.45, 7) is 3.90. The van der Waals surface area contributed by atoms with Crippen LogP contribution in [0.4, 0.5) is 11.4 Å². The van der Waals surface area contributed by atoms with Gasteiger partial charge in [0.2, 0.25) is 0 Å². The fraction of sp³-hybridized carbons (Fsp3) is 0.156. The molecule has 0 bridgehead atoms. The molecular formula is C32H30N2O5S. The van der Waals surface area contributed by atoms with Gasteiger partial charge in [0.15, 0.2) is 0 Å². The molecule has 0 amide bonds. The smallest absolute Gasteiger partial charge is 0.339 e. The summed E-state index contributed by atoms with van der Waals surface area (Å²) >= 11 is 0. The average Bonchev–Trinajstić information content (AvgIpc) is 3.31. The molecule has 0 fully saturated rings. The third-order valence-corrected chi connectivity index (χ3v) is 8.28. The molecule has 1 heterocycles. The van der Waals surface area contributed by atoms with Gasteiger partial charge in [-0.3, -0.25) is 4.72 Å². The highest BCUT2D eigenvalue weighted by Crippen LogP contribution is 2.43. The maximum atomic E-state index is 13.6. The number of anilines is 2. The Kier molecular flexibility index (Phi) is 7.36. The molecule has 0 saturated heterocycles. The van der Waals surface area contributed by atoms with Crippen molar-refractivity contribution < 1.29 is 22.4 Å². The van der Waals surface area contributed by atoms with Gasteiger partial charge in [0.25, 0.3) is 10.0 Å². The Hall–Kier alpha value is -4.56. The maximum absolute atomic E-state index is 13.6. The predicted octanol–water partition coefficient (Wildman–Crippen LogP) is 6.86. The number of carbonyl (C=O) groups is 1. The van der Waals surface area contributed by atoms with E-state index in [0.29, 0.717) is 33.7 Å². The van der Waals surface area contributed by atoms with Crippen molar-refractivity contribution in [1.82, 2.24) is 0 Å². The number of carbonyl (C=O) groups excluding carboxylic acids is 1. The van der Waals surface area contributed by atoms with Crippen molar-refractivity contribution in [2.24, 2.45) is 0 Å². The van der Waals surface area contributed by atoms with Gasteiger partial charge >= 0.3 is 5.97 Å². The molecule has 1 atom stereocenters. The lowest BCUT2D eigenvalue weighted by molar-refractivity contribution is 0.0601. The van der Waals surface area contributed by atoms with Crippen molar-refractivity contribution in [3.8, 4) is 0 Å². The molecule has 0 radical (unpaired) electrons. The molecule has 4 aromatic carbocycles. The van der Waals surface area contributed by atoms with Gasteiger partial charge in [0, 0.05) is 18.1 Å². The number of methoxy groups -OCH3 is 1.